The van der Waals surface area contributed by atoms with Gasteiger partial charge in [-0.05, 0) is 19.3 Å². The summed E-state index contributed by atoms with van der Waals surface area (Å²) in [7, 11) is 0. The molecule has 0 aromatic carbocycles. The van der Waals surface area contributed by atoms with Gasteiger partial charge in [0.15, 0.2) is 5.90 Å². The Bertz CT molecular complexity index is 204. The van der Waals surface area contributed by atoms with Crippen molar-refractivity contribution in [2.75, 3.05) is 13.2 Å². The van der Waals surface area contributed by atoms with Crippen LogP contribution in [0.4, 0.5) is 0 Å². The van der Waals surface area contributed by atoms with E-state index in [9.17, 15) is 0 Å². The Hall–Kier alpha value is -0.790. The fourth-order valence-electron chi connectivity index (χ4n) is 1.86. The Balaban J connectivity index is 2.80. The first kappa shape index (κ1) is 10.3. The molecule has 0 amide bonds. The van der Waals surface area contributed by atoms with E-state index in [-0.39, 0.29) is 5.41 Å². The van der Waals surface area contributed by atoms with E-state index in [2.05, 4.69) is 25.4 Å². The number of allylic oxidation sites excluding steroid dienone is 1. The van der Waals surface area contributed by atoms with Crippen molar-refractivity contribution in [2.24, 2.45) is 10.4 Å². The highest BCUT2D eigenvalue weighted by Crippen LogP contribution is 2.34. The molecule has 1 rings (SSSR count). The van der Waals surface area contributed by atoms with E-state index in [4.69, 9.17) is 4.74 Å². The number of aliphatic imine (C=N–C) groups is 1. The molecular weight excluding hydrogens is 162 g/mol. The Labute approximate surface area is 80.7 Å². The summed E-state index contributed by atoms with van der Waals surface area (Å²) in [5, 5.41) is 0. The molecule has 0 radical (unpaired) electrons. The van der Waals surface area contributed by atoms with Crippen LogP contribution in [0.5, 0.6) is 0 Å². The summed E-state index contributed by atoms with van der Waals surface area (Å²) in [4.78, 5) is 4.42. The molecule has 1 aliphatic rings. The van der Waals surface area contributed by atoms with Gasteiger partial charge in [-0.2, -0.15) is 0 Å². The van der Waals surface area contributed by atoms with E-state index in [0.717, 1.165) is 38.3 Å². The number of nitrogens with zero attached hydrogens (tertiary/aromatic N) is 1. The maximum Gasteiger partial charge on any atom is 0.190 e. The first-order valence-electron chi connectivity index (χ1n) is 5.07. The lowest BCUT2D eigenvalue weighted by molar-refractivity contribution is 0.261. The van der Waals surface area contributed by atoms with Gasteiger partial charge < -0.3 is 4.74 Å². The lowest BCUT2D eigenvalue weighted by Gasteiger charge is -2.29. The van der Waals surface area contributed by atoms with Crippen molar-refractivity contribution in [3.8, 4) is 0 Å². The third-order valence-electron chi connectivity index (χ3n) is 2.93. The monoisotopic (exact) mass is 181 g/mol. The third kappa shape index (κ3) is 1.93. The van der Waals surface area contributed by atoms with Crippen molar-refractivity contribution in [1.82, 2.24) is 0 Å². The zero-order valence-corrected chi connectivity index (χ0v) is 8.68. The van der Waals surface area contributed by atoms with Crippen LogP contribution >= 0.6 is 0 Å². The molecule has 1 aliphatic heterocycles. The van der Waals surface area contributed by atoms with Gasteiger partial charge in [0.2, 0.25) is 0 Å². The number of ether oxygens (including phenoxy) is 1. The van der Waals surface area contributed by atoms with Crippen molar-refractivity contribution >= 4 is 5.90 Å². The fraction of sp³-hybridized carbons (Fsp3) is 0.727. The van der Waals surface area contributed by atoms with E-state index in [1.165, 1.54) is 0 Å². The molecule has 0 aromatic rings. The quantitative estimate of drug-likeness (QED) is 0.598. The van der Waals surface area contributed by atoms with E-state index in [0.29, 0.717) is 0 Å². The highest BCUT2D eigenvalue weighted by molar-refractivity contribution is 5.83. The zero-order chi connectivity index (χ0) is 9.73. The van der Waals surface area contributed by atoms with Gasteiger partial charge >= 0.3 is 0 Å². The Morgan fingerprint density at radius 1 is 1.54 bits per heavy atom. The highest BCUT2D eigenvalue weighted by Gasteiger charge is 2.34. The predicted molar refractivity (Wildman–Crippen MR) is 56.1 cm³/mol. The van der Waals surface area contributed by atoms with Gasteiger partial charge in [0.05, 0.1) is 6.54 Å². The van der Waals surface area contributed by atoms with Crippen LogP contribution < -0.4 is 0 Å². The normalized spacial score (nSPS) is 16.6. The maximum absolute atomic E-state index is 5.56. The van der Waals surface area contributed by atoms with E-state index in [1.54, 1.807) is 0 Å². The van der Waals surface area contributed by atoms with Gasteiger partial charge in [-0.1, -0.05) is 19.9 Å². The summed E-state index contributed by atoms with van der Waals surface area (Å²) in [6.07, 6.45) is 5.10. The summed E-state index contributed by atoms with van der Waals surface area (Å²) >= 11 is 0. The van der Waals surface area contributed by atoms with Gasteiger partial charge in [0.25, 0.3) is 0 Å². The van der Waals surface area contributed by atoms with Crippen LogP contribution in [0.25, 0.3) is 0 Å². The molecule has 0 saturated heterocycles. The fourth-order valence-corrected chi connectivity index (χ4v) is 1.86. The largest absolute Gasteiger partial charge is 0.479 e. The van der Waals surface area contributed by atoms with Crippen molar-refractivity contribution in [1.29, 1.82) is 0 Å². The Kier molecular flexibility index (Phi) is 3.52. The maximum atomic E-state index is 5.56. The summed E-state index contributed by atoms with van der Waals surface area (Å²) in [6.45, 7) is 9.77. The first-order chi connectivity index (χ1) is 6.29. The molecule has 0 saturated carbocycles. The number of hydrogen-bond acceptors (Lipinski definition) is 2. The van der Waals surface area contributed by atoms with Crippen molar-refractivity contribution in [3.05, 3.63) is 12.7 Å². The average Bonchev–Trinajstić information content (AvgIpc) is 2.68. The molecule has 0 spiro atoms. The van der Waals surface area contributed by atoms with E-state index < -0.39 is 0 Å². The Morgan fingerprint density at radius 2 is 2.23 bits per heavy atom. The molecule has 0 bridgehead atoms. The predicted octanol–water partition coefficient (Wildman–Crippen LogP) is 2.80. The summed E-state index contributed by atoms with van der Waals surface area (Å²) < 4.78 is 5.56. The second kappa shape index (κ2) is 4.45. The van der Waals surface area contributed by atoms with Crippen LogP contribution in [0.2, 0.25) is 0 Å². The van der Waals surface area contributed by atoms with Crippen LogP contribution in [-0.4, -0.2) is 19.0 Å². The minimum absolute atomic E-state index is 0.123. The molecule has 0 atom stereocenters. The molecule has 0 aromatic heterocycles. The molecule has 1 heterocycles. The van der Waals surface area contributed by atoms with Gasteiger partial charge in [-0.3, -0.25) is 4.99 Å². The van der Waals surface area contributed by atoms with E-state index in [1.807, 2.05) is 6.08 Å². The van der Waals surface area contributed by atoms with Gasteiger partial charge in [0.1, 0.15) is 6.61 Å². The van der Waals surface area contributed by atoms with Crippen molar-refractivity contribution in [3.63, 3.8) is 0 Å². The topological polar surface area (TPSA) is 21.6 Å². The molecular formula is C11H19NO. The molecule has 0 fully saturated rings. The lowest BCUT2D eigenvalue weighted by atomic mass is 9.79. The highest BCUT2D eigenvalue weighted by atomic mass is 16.5. The second-order valence-corrected chi connectivity index (χ2v) is 3.52. The van der Waals surface area contributed by atoms with Crippen LogP contribution in [-0.2, 0) is 4.74 Å². The molecule has 0 N–H and O–H groups in total. The number of hydrogen-bond donors (Lipinski definition) is 0. The molecule has 0 unspecified atom stereocenters. The van der Waals surface area contributed by atoms with Crippen LogP contribution in [0.15, 0.2) is 17.6 Å². The van der Waals surface area contributed by atoms with Gasteiger partial charge in [-0.15, -0.1) is 6.58 Å². The average molecular weight is 181 g/mol. The summed E-state index contributed by atoms with van der Waals surface area (Å²) in [5.74, 6) is 0.956. The molecule has 74 valence electrons. The SMILES string of the molecule is C=CCC(CC)(CC)C1=NCCO1. The summed E-state index contributed by atoms with van der Waals surface area (Å²) in [5.41, 5.74) is 0.123. The lowest BCUT2D eigenvalue weighted by Crippen LogP contribution is -2.29. The smallest absolute Gasteiger partial charge is 0.190 e. The standard InChI is InChI=1S/C11H19NO/c1-4-7-11(5-2,6-3)10-12-8-9-13-10/h4H,1,5-9H2,2-3H3. The Morgan fingerprint density at radius 3 is 2.62 bits per heavy atom. The molecule has 13 heavy (non-hydrogen) atoms. The molecule has 2 nitrogen and oxygen atoms in total. The summed E-state index contributed by atoms with van der Waals surface area (Å²) in [6, 6.07) is 0. The third-order valence-corrected chi connectivity index (χ3v) is 2.93. The van der Waals surface area contributed by atoms with Crippen molar-refractivity contribution < 1.29 is 4.74 Å². The minimum Gasteiger partial charge on any atom is -0.479 e. The zero-order valence-electron chi connectivity index (χ0n) is 8.68. The number of rotatable bonds is 5. The van der Waals surface area contributed by atoms with Crippen molar-refractivity contribution in [2.45, 2.75) is 33.1 Å². The first-order valence-corrected chi connectivity index (χ1v) is 5.07. The van der Waals surface area contributed by atoms with Crippen LogP contribution in [0.3, 0.4) is 0 Å². The second-order valence-electron chi connectivity index (χ2n) is 3.52. The molecule has 2 heteroatoms. The van der Waals surface area contributed by atoms with Gasteiger partial charge in [-0.25, -0.2) is 0 Å². The van der Waals surface area contributed by atoms with Gasteiger partial charge in [0, 0.05) is 5.41 Å². The van der Waals surface area contributed by atoms with E-state index >= 15 is 0 Å². The molecule has 0 aliphatic carbocycles. The minimum atomic E-state index is 0.123. The van der Waals surface area contributed by atoms with Crippen LogP contribution in [0, 0.1) is 5.41 Å². The van der Waals surface area contributed by atoms with Crippen LogP contribution in [0.1, 0.15) is 33.1 Å².